The van der Waals surface area contributed by atoms with E-state index in [-0.39, 0.29) is 18.1 Å². The smallest absolute Gasteiger partial charge is 0.329 e. The molecule has 2 heterocycles. The highest BCUT2D eigenvalue weighted by Crippen LogP contribution is 2.35. The summed E-state index contributed by atoms with van der Waals surface area (Å²) in [5.41, 5.74) is -1.04. The topological polar surface area (TPSA) is 81.1 Å². The number of carboxylic acids is 1. The number of aliphatic hydroxyl groups is 1. The largest absolute Gasteiger partial charge is 0.479 e. The molecule has 0 aromatic carbocycles. The molecule has 0 radical (unpaired) electrons. The number of aliphatic hydroxyl groups excluding tert-OH is 1. The zero-order valence-corrected chi connectivity index (χ0v) is 12.9. The Morgan fingerprint density at radius 3 is 2.62 bits per heavy atom. The Balaban J connectivity index is 2.15. The van der Waals surface area contributed by atoms with Crippen LogP contribution in [0.1, 0.15) is 46.0 Å². The van der Waals surface area contributed by atoms with Crippen LogP contribution in [-0.2, 0) is 4.79 Å². The van der Waals surface area contributed by atoms with Gasteiger partial charge in [0.2, 0.25) is 0 Å². The number of urea groups is 1. The molecule has 6 heteroatoms. The number of carbonyl (C=O) groups excluding carboxylic acids is 1. The first-order chi connectivity index (χ1) is 9.92. The molecule has 2 amide bonds. The molecule has 2 fully saturated rings. The molecule has 3 unspecified atom stereocenters. The van der Waals surface area contributed by atoms with Gasteiger partial charge in [-0.05, 0) is 31.6 Å². The van der Waals surface area contributed by atoms with Crippen molar-refractivity contribution in [2.24, 2.45) is 5.92 Å². The summed E-state index contributed by atoms with van der Waals surface area (Å²) in [6.07, 6.45) is 2.71. The number of likely N-dealkylation sites (tertiary alicyclic amines) is 2. The van der Waals surface area contributed by atoms with Crippen LogP contribution in [0.15, 0.2) is 0 Å². The first-order valence-corrected chi connectivity index (χ1v) is 7.90. The number of nitrogens with zero attached hydrogens (tertiary/aromatic N) is 2. The Labute approximate surface area is 125 Å². The van der Waals surface area contributed by atoms with Crippen molar-refractivity contribution < 1.29 is 19.8 Å². The lowest BCUT2D eigenvalue weighted by Crippen LogP contribution is -2.58. The van der Waals surface area contributed by atoms with E-state index >= 15 is 0 Å². The third-order valence-electron chi connectivity index (χ3n) is 4.91. The molecule has 3 atom stereocenters. The average molecular weight is 298 g/mol. The highest BCUT2D eigenvalue weighted by Gasteiger charge is 2.50. The first kappa shape index (κ1) is 16.1. The van der Waals surface area contributed by atoms with Gasteiger partial charge in [0, 0.05) is 19.6 Å². The van der Waals surface area contributed by atoms with Crippen molar-refractivity contribution in [3.8, 4) is 0 Å². The van der Waals surface area contributed by atoms with Crippen LogP contribution in [0.4, 0.5) is 4.79 Å². The molecule has 0 aromatic rings. The lowest BCUT2D eigenvalue weighted by Gasteiger charge is -2.41. The molecule has 2 N–H and O–H groups in total. The minimum atomic E-state index is -1.04. The lowest BCUT2D eigenvalue weighted by atomic mass is 9.90. The second-order valence-corrected chi connectivity index (χ2v) is 6.40. The van der Waals surface area contributed by atoms with Gasteiger partial charge in [0.05, 0.1) is 6.10 Å². The van der Waals surface area contributed by atoms with E-state index in [0.717, 1.165) is 12.8 Å². The molecule has 2 saturated heterocycles. The Morgan fingerprint density at radius 2 is 2.05 bits per heavy atom. The van der Waals surface area contributed by atoms with E-state index in [1.165, 1.54) is 0 Å². The summed E-state index contributed by atoms with van der Waals surface area (Å²) in [4.78, 5) is 27.8. The van der Waals surface area contributed by atoms with Gasteiger partial charge in [0.15, 0.2) is 0 Å². The molecule has 21 heavy (non-hydrogen) atoms. The van der Waals surface area contributed by atoms with E-state index in [9.17, 15) is 19.8 Å². The number of hydrogen-bond acceptors (Lipinski definition) is 3. The van der Waals surface area contributed by atoms with Crippen LogP contribution in [-0.4, -0.2) is 63.3 Å². The zero-order chi connectivity index (χ0) is 15.6. The predicted molar refractivity (Wildman–Crippen MR) is 78.0 cm³/mol. The molecular weight excluding hydrogens is 272 g/mol. The first-order valence-electron chi connectivity index (χ1n) is 7.90. The Morgan fingerprint density at radius 1 is 1.33 bits per heavy atom. The van der Waals surface area contributed by atoms with Gasteiger partial charge < -0.3 is 20.0 Å². The number of hydrogen-bond donors (Lipinski definition) is 2. The highest BCUT2D eigenvalue weighted by atomic mass is 16.4. The zero-order valence-electron chi connectivity index (χ0n) is 12.9. The van der Waals surface area contributed by atoms with Gasteiger partial charge in [0.1, 0.15) is 5.54 Å². The maximum absolute atomic E-state index is 12.8. The average Bonchev–Trinajstić information content (AvgIpc) is 2.86. The summed E-state index contributed by atoms with van der Waals surface area (Å²) in [6, 6.07) is -0.179. The van der Waals surface area contributed by atoms with Gasteiger partial charge in [0.25, 0.3) is 0 Å². The fourth-order valence-corrected chi connectivity index (χ4v) is 3.64. The number of rotatable bonds is 3. The maximum Gasteiger partial charge on any atom is 0.329 e. The van der Waals surface area contributed by atoms with Crippen LogP contribution < -0.4 is 0 Å². The molecule has 2 rings (SSSR count). The third-order valence-corrected chi connectivity index (χ3v) is 4.91. The molecule has 0 bridgehead atoms. The second kappa shape index (κ2) is 6.22. The summed E-state index contributed by atoms with van der Waals surface area (Å²) in [6.45, 7) is 5.38. The van der Waals surface area contributed by atoms with E-state index in [1.807, 2.05) is 13.8 Å². The van der Waals surface area contributed by atoms with Gasteiger partial charge in [-0.15, -0.1) is 0 Å². The van der Waals surface area contributed by atoms with Crippen LogP contribution in [0, 0.1) is 5.92 Å². The fraction of sp³-hybridized carbons (Fsp3) is 0.867. The molecule has 120 valence electrons. The molecule has 0 spiro atoms. The summed E-state index contributed by atoms with van der Waals surface area (Å²) in [5.74, 6) is -0.851. The number of amides is 2. The van der Waals surface area contributed by atoms with Crippen LogP contribution in [0.2, 0.25) is 0 Å². The normalized spacial score (nSPS) is 33.3. The number of aliphatic carboxylic acids is 1. The van der Waals surface area contributed by atoms with E-state index in [2.05, 4.69) is 0 Å². The minimum Gasteiger partial charge on any atom is -0.479 e. The molecule has 6 nitrogen and oxygen atoms in total. The highest BCUT2D eigenvalue weighted by molar-refractivity contribution is 5.87. The minimum absolute atomic E-state index is 0.0377. The molecule has 2 aliphatic heterocycles. The Hall–Kier alpha value is -1.30. The van der Waals surface area contributed by atoms with Crippen molar-refractivity contribution in [2.45, 2.75) is 57.6 Å². The molecule has 2 aliphatic rings. The van der Waals surface area contributed by atoms with Crippen molar-refractivity contribution >= 4 is 12.0 Å². The third kappa shape index (κ3) is 2.86. The number of piperidine rings is 1. The van der Waals surface area contributed by atoms with Gasteiger partial charge >= 0.3 is 12.0 Å². The van der Waals surface area contributed by atoms with Crippen LogP contribution in [0.25, 0.3) is 0 Å². The Kier molecular flexibility index (Phi) is 4.76. The van der Waals surface area contributed by atoms with E-state index in [4.69, 9.17) is 0 Å². The summed E-state index contributed by atoms with van der Waals surface area (Å²) >= 11 is 0. The van der Waals surface area contributed by atoms with Gasteiger partial charge in [-0.2, -0.15) is 0 Å². The van der Waals surface area contributed by atoms with Crippen molar-refractivity contribution in [2.75, 3.05) is 19.6 Å². The van der Waals surface area contributed by atoms with Crippen molar-refractivity contribution in [1.82, 2.24) is 9.80 Å². The molecule has 0 aromatic heterocycles. The summed E-state index contributed by atoms with van der Waals surface area (Å²) in [7, 11) is 0. The maximum atomic E-state index is 12.8. The lowest BCUT2D eigenvalue weighted by molar-refractivity contribution is -0.149. The monoisotopic (exact) mass is 298 g/mol. The van der Waals surface area contributed by atoms with Gasteiger partial charge in [-0.25, -0.2) is 9.59 Å². The van der Waals surface area contributed by atoms with E-state index in [0.29, 0.717) is 38.9 Å². The predicted octanol–water partition coefficient (Wildman–Crippen LogP) is 1.53. The van der Waals surface area contributed by atoms with Crippen LogP contribution >= 0.6 is 0 Å². The molecular formula is C15H26N2O4. The van der Waals surface area contributed by atoms with Crippen LogP contribution in [0.5, 0.6) is 0 Å². The quantitative estimate of drug-likeness (QED) is 0.828. The van der Waals surface area contributed by atoms with Crippen molar-refractivity contribution in [1.29, 1.82) is 0 Å². The van der Waals surface area contributed by atoms with E-state index in [1.54, 1.807) is 9.80 Å². The summed E-state index contributed by atoms with van der Waals surface area (Å²) < 4.78 is 0. The van der Waals surface area contributed by atoms with Gasteiger partial charge in [-0.3, -0.25) is 0 Å². The molecule has 0 aliphatic carbocycles. The van der Waals surface area contributed by atoms with Gasteiger partial charge in [-0.1, -0.05) is 20.3 Å². The SMILES string of the molecule is CCCC1(C(=O)O)CCCN1C(=O)N1CCC(O)C(C)C1. The Bertz CT molecular complexity index is 414. The number of carboxylic acid groups (broad SMARTS) is 1. The number of carbonyl (C=O) groups is 2. The molecule has 0 saturated carbocycles. The second-order valence-electron chi connectivity index (χ2n) is 6.40. The van der Waals surface area contributed by atoms with Crippen LogP contribution in [0.3, 0.4) is 0 Å². The summed E-state index contributed by atoms with van der Waals surface area (Å²) in [5, 5.41) is 19.4. The van der Waals surface area contributed by atoms with E-state index < -0.39 is 11.5 Å². The standard InChI is InChI=1S/C15H26N2O4/c1-3-6-15(13(19)20)7-4-8-17(15)14(21)16-9-5-12(18)11(2)10-16/h11-12,18H,3-10H2,1-2H3,(H,19,20). The van der Waals surface area contributed by atoms with Crippen molar-refractivity contribution in [3.63, 3.8) is 0 Å². The fourth-order valence-electron chi connectivity index (χ4n) is 3.64. The van der Waals surface area contributed by atoms with Crippen molar-refractivity contribution in [3.05, 3.63) is 0 Å².